The van der Waals surface area contributed by atoms with E-state index in [9.17, 15) is 9.59 Å². The maximum Gasteiger partial charge on any atom is 0.410 e. The van der Waals surface area contributed by atoms with Crippen molar-refractivity contribution in [1.29, 1.82) is 0 Å². The Bertz CT molecular complexity index is 681. The third-order valence-electron chi connectivity index (χ3n) is 4.18. The third kappa shape index (κ3) is 4.12. The lowest BCUT2D eigenvalue weighted by atomic mass is 10.1. The highest BCUT2D eigenvalue weighted by Crippen LogP contribution is 2.19. The zero-order valence-electron chi connectivity index (χ0n) is 14.9. The van der Waals surface area contributed by atoms with Gasteiger partial charge >= 0.3 is 12.1 Å². The summed E-state index contributed by atoms with van der Waals surface area (Å²) in [6.07, 6.45) is 4.63. The minimum absolute atomic E-state index is 0.0431. The summed E-state index contributed by atoms with van der Waals surface area (Å²) in [6, 6.07) is 1.73. The summed E-state index contributed by atoms with van der Waals surface area (Å²) in [5.41, 5.74) is 0.410. The number of carbonyl (C=O) groups excluding carboxylic acids is 2. The minimum Gasteiger partial charge on any atom is -0.444 e. The number of piperidine rings is 1. The van der Waals surface area contributed by atoms with Gasteiger partial charge in [-0.25, -0.2) is 9.59 Å². The van der Waals surface area contributed by atoms with Gasteiger partial charge in [-0.2, -0.15) is 0 Å². The fourth-order valence-electron chi connectivity index (χ4n) is 2.95. The van der Waals surface area contributed by atoms with E-state index in [-0.39, 0.29) is 18.2 Å². The lowest BCUT2D eigenvalue weighted by Gasteiger charge is -2.33. The molecule has 1 aromatic heterocycles. The topological polar surface area (TPSA) is 88.0 Å². The number of fused-ring (bicyclic) bond motifs is 1. The number of ether oxygens (including phenoxy) is 1. The number of aliphatic imine (C=N–C) groups is 1. The fraction of sp³-hybridized carbons (Fsp3) is 0.588. The van der Waals surface area contributed by atoms with Crippen LogP contribution >= 0.6 is 0 Å². The van der Waals surface area contributed by atoms with E-state index in [0.717, 1.165) is 11.4 Å². The first-order chi connectivity index (χ1) is 11.8. The van der Waals surface area contributed by atoms with Gasteiger partial charge in [0.25, 0.3) is 0 Å². The standard InChI is InChI=1S/C17H25N5O3/c1-17(2,3)25-16(24)21-7-5-13(6-8-21)20-15(23)22-9-4-12-10-18-11-19-14(12)22/h4,9-10,13,19H,5-8,11H2,1-3H3,(H,20,23). The molecule has 3 rings (SSSR count). The molecule has 1 aromatic rings. The second-order valence-corrected chi connectivity index (χ2v) is 7.33. The Hall–Kier alpha value is -2.51. The van der Waals surface area contributed by atoms with Crippen LogP contribution < -0.4 is 10.6 Å². The van der Waals surface area contributed by atoms with Crippen molar-refractivity contribution >= 4 is 24.2 Å². The molecule has 0 spiro atoms. The van der Waals surface area contributed by atoms with Crippen molar-refractivity contribution in [3.8, 4) is 0 Å². The van der Waals surface area contributed by atoms with E-state index in [1.54, 1.807) is 21.9 Å². The predicted octanol–water partition coefficient (Wildman–Crippen LogP) is 2.25. The zero-order chi connectivity index (χ0) is 18.0. The first-order valence-corrected chi connectivity index (χ1v) is 8.57. The molecule has 8 nitrogen and oxygen atoms in total. The van der Waals surface area contributed by atoms with Crippen molar-refractivity contribution < 1.29 is 14.3 Å². The van der Waals surface area contributed by atoms with Crippen molar-refractivity contribution in [3.63, 3.8) is 0 Å². The largest absolute Gasteiger partial charge is 0.444 e. The number of anilines is 1. The van der Waals surface area contributed by atoms with Gasteiger partial charge in [0.15, 0.2) is 0 Å². The van der Waals surface area contributed by atoms with E-state index in [4.69, 9.17) is 4.74 Å². The Morgan fingerprint density at radius 3 is 2.72 bits per heavy atom. The second-order valence-electron chi connectivity index (χ2n) is 7.33. The summed E-state index contributed by atoms with van der Waals surface area (Å²) in [4.78, 5) is 30.4. The van der Waals surface area contributed by atoms with Crippen LogP contribution in [0.15, 0.2) is 17.3 Å². The number of hydrogen-bond donors (Lipinski definition) is 2. The van der Waals surface area contributed by atoms with Gasteiger partial charge in [-0.15, -0.1) is 0 Å². The van der Waals surface area contributed by atoms with Crippen LogP contribution in [0.5, 0.6) is 0 Å². The number of carbonyl (C=O) groups is 2. The van der Waals surface area contributed by atoms with Crippen LogP contribution in [-0.4, -0.2) is 59.2 Å². The van der Waals surface area contributed by atoms with Crippen LogP contribution in [0, 0.1) is 0 Å². The van der Waals surface area contributed by atoms with Gasteiger partial charge in [-0.1, -0.05) is 0 Å². The molecule has 3 heterocycles. The maximum absolute atomic E-state index is 12.5. The minimum atomic E-state index is -0.494. The molecule has 0 bridgehead atoms. The number of amides is 2. The molecule has 1 saturated heterocycles. The van der Waals surface area contributed by atoms with E-state index >= 15 is 0 Å². The molecule has 0 aromatic carbocycles. The van der Waals surface area contributed by atoms with Gasteiger partial charge in [0, 0.05) is 37.1 Å². The predicted molar refractivity (Wildman–Crippen MR) is 95.3 cm³/mol. The molecule has 136 valence electrons. The normalized spacial score (nSPS) is 17.6. The quantitative estimate of drug-likeness (QED) is 0.815. The molecular weight excluding hydrogens is 322 g/mol. The molecule has 2 aliphatic heterocycles. The number of rotatable bonds is 1. The number of aromatic nitrogens is 1. The van der Waals surface area contributed by atoms with Gasteiger partial charge in [0.2, 0.25) is 0 Å². The van der Waals surface area contributed by atoms with E-state index in [1.165, 1.54) is 0 Å². The Morgan fingerprint density at radius 1 is 1.32 bits per heavy atom. The van der Waals surface area contributed by atoms with E-state index < -0.39 is 5.60 Å². The summed E-state index contributed by atoms with van der Waals surface area (Å²) in [6.45, 7) is 7.19. The molecule has 0 radical (unpaired) electrons. The Kier molecular flexibility index (Phi) is 4.69. The van der Waals surface area contributed by atoms with Crippen LogP contribution in [-0.2, 0) is 4.74 Å². The summed E-state index contributed by atoms with van der Waals surface area (Å²) < 4.78 is 6.96. The Balaban J connectivity index is 1.52. The highest BCUT2D eigenvalue weighted by Gasteiger charge is 2.28. The van der Waals surface area contributed by atoms with Gasteiger partial charge < -0.3 is 20.3 Å². The van der Waals surface area contributed by atoms with Gasteiger partial charge in [-0.3, -0.25) is 9.56 Å². The summed E-state index contributed by atoms with van der Waals surface area (Å²) in [5.74, 6) is 0.763. The monoisotopic (exact) mass is 347 g/mol. The van der Waals surface area contributed by atoms with Crippen LogP contribution in [0.1, 0.15) is 39.2 Å². The molecule has 2 N–H and O–H groups in total. The van der Waals surface area contributed by atoms with E-state index in [1.807, 2.05) is 26.8 Å². The fourth-order valence-corrected chi connectivity index (χ4v) is 2.95. The van der Waals surface area contributed by atoms with Gasteiger partial charge in [-0.05, 0) is 39.7 Å². The van der Waals surface area contributed by atoms with Crippen molar-refractivity contribution in [1.82, 2.24) is 14.8 Å². The zero-order valence-corrected chi connectivity index (χ0v) is 14.9. The van der Waals surface area contributed by atoms with Crippen LogP contribution in [0.25, 0.3) is 0 Å². The highest BCUT2D eigenvalue weighted by molar-refractivity contribution is 5.93. The average molecular weight is 347 g/mol. The van der Waals surface area contributed by atoms with Crippen LogP contribution in [0.4, 0.5) is 15.4 Å². The molecule has 1 fully saturated rings. The summed E-state index contributed by atoms with van der Waals surface area (Å²) in [7, 11) is 0. The first-order valence-electron chi connectivity index (χ1n) is 8.57. The molecular formula is C17H25N5O3. The Labute approximate surface area is 147 Å². The lowest BCUT2D eigenvalue weighted by Crippen LogP contribution is -2.48. The number of likely N-dealkylation sites (tertiary alicyclic amines) is 1. The maximum atomic E-state index is 12.5. The highest BCUT2D eigenvalue weighted by atomic mass is 16.6. The number of hydrogen-bond acceptors (Lipinski definition) is 5. The lowest BCUT2D eigenvalue weighted by molar-refractivity contribution is 0.0201. The summed E-state index contributed by atoms with van der Waals surface area (Å²) >= 11 is 0. The summed E-state index contributed by atoms with van der Waals surface area (Å²) in [5, 5.41) is 6.15. The molecule has 2 amide bonds. The smallest absolute Gasteiger partial charge is 0.410 e. The van der Waals surface area contributed by atoms with Crippen molar-refractivity contribution in [2.24, 2.45) is 4.99 Å². The number of nitrogens with one attached hydrogen (secondary N) is 2. The van der Waals surface area contributed by atoms with E-state index in [2.05, 4.69) is 15.6 Å². The van der Waals surface area contributed by atoms with Crippen LogP contribution in [0.3, 0.4) is 0 Å². The van der Waals surface area contributed by atoms with Crippen molar-refractivity contribution in [2.75, 3.05) is 25.1 Å². The number of nitrogens with zero attached hydrogens (tertiary/aromatic N) is 3. The molecule has 0 atom stereocenters. The molecule has 25 heavy (non-hydrogen) atoms. The van der Waals surface area contributed by atoms with Gasteiger partial charge in [0.1, 0.15) is 18.1 Å². The first kappa shape index (κ1) is 17.3. The molecule has 0 saturated carbocycles. The molecule has 8 heteroatoms. The average Bonchev–Trinajstić information content (AvgIpc) is 2.98. The van der Waals surface area contributed by atoms with Gasteiger partial charge in [0.05, 0.1) is 0 Å². The third-order valence-corrected chi connectivity index (χ3v) is 4.18. The molecule has 0 aliphatic carbocycles. The molecule has 2 aliphatic rings. The SMILES string of the molecule is CC(C)(C)OC(=O)N1CCC(NC(=O)n2ccc3c2NCN=C3)CC1. The van der Waals surface area contributed by atoms with Crippen LogP contribution in [0.2, 0.25) is 0 Å². The molecule has 0 unspecified atom stereocenters. The van der Waals surface area contributed by atoms with Crippen molar-refractivity contribution in [2.45, 2.75) is 45.3 Å². The van der Waals surface area contributed by atoms with E-state index in [0.29, 0.717) is 32.6 Å². The Morgan fingerprint density at radius 2 is 2.04 bits per heavy atom. The second kappa shape index (κ2) is 6.78. The van der Waals surface area contributed by atoms with Crippen molar-refractivity contribution in [3.05, 3.63) is 17.8 Å².